The molecule has 0 radical (unpaired) electrons. The van der Waals surface area contributed by atoms with Gasteiger partial charge in [0.25, 0.3) is 16.6 Å². The quantitative estimate of drug-likeness (QED) is 0.0853. The van der Waals surface area contributed by atoms with Gasteiger partial charge in [-0.3, -0.25) is 9.59 Å². The van der Waals surface area contributed by atoms with Gasteiger partial charge in [-0.25, -0.2) is 9.59 Å². The van der Waals surface area contributed by atoms with Crippen LogP contribution in [-0.4, -0.2) is 91.9 Å². The molecule has 10 nitrogen and oxygen atoms in total. The van der Waals surface area contributed by atoms with Crippen LogP contribution in [0, 0.1) is 68.0 Å². The normalized spacial score (nSPS) is 35.1. The van der Waals surface area contributed by atoms with Crippen LogP contribution < -0.4 is 20.7 Å². The Balaban J connectivity index is 0.000000216. The van der Waals surface area contributed by atoms with Gasteiger partial charge in [0, 0.05) is 35.5 Å². The predicted molar refractivity (Wildman–Crippen MR) is 374 cm³/mol. The van der Waals surface area contributed by atoms with Gasteiger partial charge < -0.3 is 27.9 Å². The molecule has 0 amide bonds. The van der Waals surface area contributed by atoms with Crippen molar-refractivity contribution in [1.29, 1.82) is 0 Å². The van der Waals surface area contributed by atoms with E-state index < -0.39 is 60.2 Å². The van der Waals surface area contributed by atoms with Gasteiger partial charge in [0.1, 0.15) is 37.0 Å². The molecule has 0 heterocycles. The van der Waals surface area contributed by atoms with E-state index in [1.165, 1.54) is 0 Å². The Bertz CT molecular complexity index is 3090. The lowest BCUT2D eigenvalue weighted by atomic mass is 9.43. The molecule has 0 spiro atoms. The number of esters is 2. The molecular weight excluding hydrogens is 1180 g/mol. The number of aliphatic hydroxyl groups excluding tert-OH is 1. The van der Waals surface area contributed by atoms with E-state index in [9.17, 15) is 24.3 Å². The summed E-state index contributed by atoms with van der Waals surface area (Å²) in [6, 6.07) is 41.5. The van der Waals surface area contributed by atoms with Crippen molar-refractivity contribution in [1.82, 2.24) is 0 Å². The van der Waals surface area contributed by atoms with Crippen LogP contribution in [0.5, 0.6) is 0 Å². The summed E-state index contributed by atoms with van der Waals surface area (Å²) < 4.78 is 34.3. The molecule has 91 heavy (non-hydrogen) atoms. The van der Waals surface area contributed by atoms with Gasteiger partial charge >= 0.3 is 11.9 Å². The van der Waals surface area contributed by atoms with E-state index in [1.807, 2.05) is 48.5 Å². The predicted octanol–water partition coefficient (Wildman–Crippen LogP) is 14.4. The van der Waals surface area contributed by atoms with E-state index >= 15 is 0 Å². The Morgan fingerprint density at radius 2 is 0.857 bits per heavy atom. The Hall–Kier alpha value is -4.35. The number of carbonyl (C=O) groups excluding carboxylic acids is 4. The molecule has 4 bridgehead atoms. The van der Waals surface area contributed by atoms with Crippen molar-refractivity contribution >= 4 is 69.9 Å². The Labute approximate surface area is 551 Å². The Morgan fingerprint density at radius 1 is 0.527 bits per heavy atom. The molecule has 2 unspecified atom stereocenters. The number of benzene rings is 4. The van der Waals surface area contributed by atoms with Crippen molar-refractivity contribution in [2.75, 3.05) is 13.2 Å². The zero-order valence-electron chi connectivity index (χ0n) is 58.9. The maximum absolute atomic E-state index is 14.3. The third kappa shape index (κ3) is 12.2. The number of aliphatic hydroxyl groups is 1. The first kappa shape index (κ1) is 71.0. The van der Waals surface area contributed by atoms with Crippen LogP contribution in [-0.2, 0) is 41.9 Å². The van der Waals surface area contributed by atoms with E-state index in [2.05, 4.69) is 197 Å². The Kier molecular flexibility index (Phi) is 20.8. The first-order valence-electron chi connectivity index (χ1n) is 35.0. The van der Waals surface area contributed by atoms with E-state index in [-0.39, 0.29) is 98.9 Å². The van der Waals surface area contributed by atoms with Crippen molar-refractivity contribution < 1.29 is 47.0 Å². The van der Waals surface area contributed by atoms with Crippen LogP contribution >= 0.6 is 0 Å². The highest BCUT2D eigenvalue weighted by Gasteiger charge is 2.71. The van der Waals surface area contributed by atoms with Crippen molar-refractivity contribution in [2.45, 2.75) is 235 Å². The van der Waals surface area contributed by atoms with Crippen LogP contribution in [0.1, 0.15) is 188 Å². The summed E-state index contributed by atoms with van der Waals surface area (Å²) in [6.45, 7) is 39.9. The van der Waals surface area contributed by atoms with Gasteiger partial charge in [-0.05, 0) is 153 Å². The van der Waals surface area contributed by atoms with Crippen LogP contribution in [0.25, 0.3) is 0 Å². The highest BCUT2D eigenvalue weighted by atomic mass is 28.4. The van der Waals surface area contributed by atoms with Gasteiger partial charge in [-0.2, -0.15) is 0 Å². The zero-order chi connectivity index (χ0) is 66.5. The SMILES string of the molecule is CC[C@]1(C)C[C@@H](OC(=O)CO[Si](c2ccccc2)(c2ccccc2)C(C)(C)C)[C@@]2(C)C3C(=O)CC[C@]3(CC[C@H]2C)[C@@H](C)[C@@H]1O.CC[C@]1(C)C[C@@H](OC(=O)CO[Si](c2ccccc2)(c2ccccc2)C(C)(C)C)[C@@]2(C)C3C(=O)CC[C@]3(CC[C@H]2C)[C@@H](C)[C@@H]1O[SiH](C)C. The summed E-state index contributed by atoms with van der Waals surface area (Å²) in [5.41, 5.74) is -1.98. The molecule has 16 atom stereocenters. The van der Waals surface area contributed by atoms with E-state index in [0.717, 1.165) is 72.1 Å². The monoisotopic (exact) mass is 1290 g/mol. The molecule has 4 aromatic carbocycles. The second kappa shape index (κ2) is 26.7. The second-order valence-corrected chi connectivity index (χ2v) is 43.8. The molecule has 4 aromatic rings. The zero-order valence-corrected chi connectivity index (χ0v) is 62.1. The topological polar surface area (TPSA) is 135 Å². The molecule has 1 N–H and O–H groups in total. The summed E-state index contributed by atoms with van der Waals surface area (Å²) in [4.78, 5) is 56.3. The highest BCUT2D eigenvalue weighted by molar-refractivity contribution is 7.00. The van der Waals surface area contributed by atoms with Gasteiger partial charge in [-0.15, -0.1) is 0 Å². The number of carbonyl (C=O) groups is 4. The minimum Gasteiger partial charge on any atom is -0.460 e. The molecular formula is C78H114O10Si3. The number of hydrogen-bond donors (Lipinski definition) is 1. The van der Waals surface area contributed by atoms with Crippen LogP contribution in [0.4, 0.5) is 0 Å². The van der Waals surface area contributed by atoms with Crippen LogP contribution in [0.3, 0.4) is 0 Å². The van der Waals surface area contributed by atoms with Crippen LogP contribution in [0.2, 0.25) is 23.2 Å². The minimum atomic E-state index is -2.94. The lowest BCUT2D eigenvalue weighted by Crippen LogP contribution is -2.67. The summed E-state index contributed by atoms with van der Waals surface area (Å²) >= 11 is 0. The van der Waals surface area contributed by atoms with Crippen molar-refractivity contribution in [3.8, 4) is 0 Å². The largest absolute Gasteiger partial charge is 0.460 e. The summed E-state index contributed by atoms with van der Waals surface area (Å²) in [5.74, 6) is 0.293. The smallest absolute Gasteiger partial charge is 0.331 e. The number of hydrogen-bond acceptors (Lipinski definition) is 10. The average Bonchev–Trinajstić information content (AvgIpc) is 1.66. The molecule has 498 valence electrons. The fourth-order valence-corrected chi connectivity index (χ4v) is 30.3. The second-order valence-electron chi connectivity index (χ2n) is 32.8. The lowest BCUT2D eigenvalue weighted by Gasteiger charge is -2.63. The molecule has 6 fully saturated rings. The number of ether oxygens (including phenoxy) is 2. The van der Waals surface area contributed by atoms with E-state index in [1.54, 1.807) is 0 Å². The van der Waals surface area contributed by atoms with Crippen LogP contribution in [0.15, 0.2) is 121 Å². The lowest BCUT2D eigenvalue weighted by molar-refractivity contribution is -0.213. The molecule has 6 saturated carbocycles. The number of Topliss-reactive ketones (excluding diaryl/α,β-unsaturated/α-hetero) is 2. The van der Waals surface area contributed by atoms with Gasteiger partial charge in [0.15, 0.2) is 9.04 Å². The summed E-state index contributed by atoms with van der Waals surface area (Å²) in [5, 5.41) is 15.9. The molecule has 0 aromatic heterocycles. The third-order valence-corrected chi connectivity index (χ3v) is 36.8. The van der Waals surface area contributed by atoms with Crippen molar-refractivity contribution in [3.05, 3.63) is 121 Å². The van der Waals surface area contributed by atoms with Gasteiger partial charge in [0.2, 0.25) is 0 Å². The van der Waals surface area contributed by atoms with Gasteiger partial charge in [0.05, 0.1) is 12.2 Å². The highest BCUT2D eigenvalue weighted by Crippen LogP contribution is 2.70. The number of rotatable bonds is 16. The summed E-state index contributed by atoms with van der Waals surface area (Å²) in [6.07, 6.45) is 8.33. The third-order valence-electron chi connectivity index (χ3n) is 26.0. The molecule has 10 rings (SSSR count). The van der Waals surface area contributed by atoms with Gasteiger partial charge in [-0.1, -0.05) is 232 Å². The first-order chi connectivity index (χ1) is 42.7. The maximum atomic E-state index is 14.3. The first-order valence-corrected chi connectivity index (χ1v) is 41.6. The maximum Gasteiger partial charge on any atom is 0.331 e. The van der Waals surface area contributed by atoms with E-state index in [0.29, 0.717) is 31.5 Å². The average molecular weight is 1300 g/mol. The Morgan fingerprint density at radius 3 is 1.18 bits per heavy atom. The molecule has 0 aliphatic heterocycles. The summed E-state index contributed by atoms with van der Waals surface area (Å²) in [7, 11) is -7.27. The van der Waals surface area contributed by atoms with E-state index in [4.69, 9.17) is 22.8 Å². The van der Waals surface area contributed by atoms with Crippen molar-refractivity contribution in [2.24, 2.45) is 68.0 Å². The number of ketones is 2. The molecule has 0 saturated heterocycles. The molecule has 6 aliphatic carbocycles. The fourth-order valence-electron chi connectivity index (χ4n) is 20.2. The van der Waals surface area contributed by atoms with Crippen molar-refractivity contribution in [3.63, 3.8) is 0 Å². The fraction of sp³-hybridized carbons (Fsp3) is 0.641. The molecule has 13 heteroatoms. The standard InChI is InChI=1S/C40H60O5Si2.C38H54O5Si/c1-11-38(7)26-33(39(8)28(2)22-24-40(25-23-32(41)35(39)40)29(3)36(38)45-46(9)10)44-34(42)27-43-47(37(4,5)6,30-18-14-12-15-19-30)31-20-16-13-17-21-31;1-9-36(7)24-31(37(8)26(2)20-22-38(27(3)34(36)41)23-21-30(39)33(37)38)43-32(40)25-42-44(35(4,5)6,28-16-12-10-13-17-28)29-18-14-11-15-19-29/h12-21,28-29,33,35-36,46H,11,22-27H2,1-10H3;10-19,26-27,31,33-34,41H,9,20-25H2,1-8H3/t28-,29+,33-,35?,36+,38-,39+,40-;26-,27+,31-,33?,34+,36-,37+,38-/m11/s1. The molecule has 6 aliphatic rings. The minimum absolute atomic E-state index is 0.00542.